The van der Waals surface area contributed by atoms with Crippen LogP contribution in [-0.2, 0) is 6.61 Å². The third-order valence-corrected chi connectivity index (χ3v) is 3.75. The van der Waals surface area contributed by atoms with Crippen molar-refractivity contribution in [2.24, 2.45) is 0 Å². The van der Waals surface area contributed by atoms with Crippen LogP contribution in [0.25, 0.3) is 11.1 Å². The smallest absolute Gasteiger partial charge is 0.143 e. The monoisotopic (exact) mass is 307 g/mol. The van der Waals surface area contributed by atoms with Gasteiger partial charge in [-0.15, -0.1) is 0 Å². The summed E-state index contributed by atoms with van der Waals surface area (Å²) in [6, 6.07) is 20.2. The van der Waals surface area contributed by atoms with Gasteiger partial charge in [-0.2, -0.15) is 0 Å². The van der Waals surface area contributed by atoms with Crippen LogP contribution >= 0.6 is 0 Å². The first-order valence-corrected chi connectivity index (χ1v) is 7.46. The summed E-state index contributed by atoms with van der Waals surface area (Å²) in [5.74, 6) is 0.390. The molecule has 2 N–H and O–H groups in total. The molecule has 2 nitrogen and oxygen atoms in total. The fraction of sp³-hybridized carbons (Fsp3) is 0.100. The summed E-state index contributed by atoms with van der Waals surface area (Å²) in [6.45, 7) is 2.44. The van der Waals surface area contributed by atoms with Gasteiger partial charge in [0.25, 0.3) is 0 Å². The second-order valence-electron chi connectivity index (χ2n) is 5.49. The van der Waals surface area contributed by atoms with Crippen molar-refractivity contribution in [1.29, 1.82) is 0 Å². The Morgan fingerprint density at radius 1 is 0.957 bits per heavy atom. The minimum atomic E-state index is -0.248. The molecular weight excluding hydrogens is 289 g/mol. The number of benzene rings is 3. The van der Waals surface area contributed by atoms with Crippen molar-refractivity contribution in [3.8, 4) is 16.9 Å². The second kappa shape index (κ2) is 6.53. The van der Waals surface area contributed by atoms with Gasteiger partial charge in [0.2, 0.25) is 0 Å². The zero-order valence-electron chi connectivity index (χ0n) is 12.9. The molecule has 0 aromatic heterocycles. The molecule has 0 atom stereocenters. The number of nitrogen functional groups attached to an aromatic ring is 1. The van der Waals surface area contributed by atoms with Crippen LogP contribution in [0, 0.1) is 12.7 Å². The molecule has 3 rings (SSSR count). The van der Waals surface area contributed by atoms with Crippen molar-refractivity contribution in [2.75, 3.05) is 5.73 Å². The first kappa shape index (κ1) is 15.1. The van der Waals surface area contributed by atoms with E-state index in [9.17, 15) is 4.39 Å². The average molecular weight is 307 g/mol. The maximum Gasteiger partial charge on any atom is 0.143 e. The summed E-state index contributed by atoms with van der Waals surface area (Å²) in [4.78, 5) is 0. The van der Waals surface area contributed by atoms with E-state index in [1.165, 1.54) is 12.1 Å². The molecule has 0 unspecified atom stereocenters. The van der Waals surface area contributed by atoms with E-state index in [2.05, 4.69) is 0 Å². The maximum absolute atomic E-state index is 13.1. The van der Waals surface area contributed by atoms with Crippen molar-refractivity contribution in [1.82, 2.24) is 0 Å². The number of anilines is 1. The van der Waals surface area contributed by atoms with Crippen LogP contribution in [0.15, 0.2) is 66.7 Å². The highest BCUT2D eigenvalue weighted by Crippen LogP contribution is 2.33. The SMILES string of the molecule is Cc1cc(N)c(OCc2ccccc2)cc1-c1ccc(F)cc1. The number of hydrogen-bond donors (Lipinski definition) is 1. The van der Waals surface area contributed by atoms with E-state index < -0.39 is 0 Å². The Morgan fingerprint density at radius 2 is 1.65 bits per heavy atom. The molecule has 23 heavy (non-hydrogen) atoms. The Hall–Kier alpha value is -2.81. The largest absolute Gasteiger partial charge is 0.487 e. The third-order valence-electron chi connectivity index (χ3n) is 3.75. The van der Waals surface area contributed by atoms with Gasteiger partial charge in [0, 0.05) is 0 Å². The van der Waals surface area contributed by atoms with Crippen molar-refractivity contribution in [2.45, 2.75) is 13.5 Å². The molecule has 0 radical (unpaired) electrons. The number of ether oxygens (including phenoxy) is 1. The lowest BCUT2D eigenvalue weighted by atomic mass is 9.99. The summed E-state index contributed by atoms with van der Waals surface area (Å²) < 4.78 is 19.0. The Kier molecular flexibility index (Phi) is 4.29. The summed E-state index contributed by atoms with van der Waals surface area (Å²) in [7, 11) is 0. The highest BCUT2D eigenvalue weighted by Gasteiger charge is 2.09. The molecular formula is C20H18FNO. The third kappa shape index (κ3) is 3.51. The molecule has 116 valence electrons. The lowest BCUT2D eigenvalue weighted by Gasteiger charge is -2.14. The van der Waals surface area contributed by atoms with Gasteiger partial charge in [-0.1, -0.05) is 42.5 Å². The van der Waals surface area contributed by atoms with Crippen LogP contribution in [0.5, 0.6) is 5.75 Å². The van der Waals surface area contributed by atoms with E-state index in [0.717, 1.165) is 22.3 Å². The predicted octanol–water partition coefficient (Wildman–Crippen LogP) is 4.96. The number of halogens is 1. The lowest BCUT2D eigenvalue weighted by Crippen LogP contribution is -2.00. The molecule has 0 aliphatic carbocycles. The maximum atomic E-state index is 13.1. The fourth-order valence-electron chi connectivity index (χ4n) is 2.51. The molecule has 3 aromatic rings. The van der Waals surface area contributed by atoms with Crippen molar-refractivity contribution in [3.63, 3.8) is 0 Å². The zero-order valence-corrected chi connectivity index (χ0v) is 12.9. The van der Waals surface area contributed by atoms with Gasteiger partial charge in [-0.25, -0.2) is 4.39 Å². The lowest BCUT2D eigenvalue weighted by molar-refractivity contribution is 0.308. The van der Waals surface area contributed by atoms with Crippen LogP contribution in [0.4, 0.5) is 10.1 Å². The van der Waals surface area contributed by atoms with Gasteiger partial charge >= 0.3 is 0 Å². The quantitative estimate of drug-likeness (QED) is 0.691. The summed E-state index contributed by atoms with van der Waals surface area (Å²) >= 11 is 0. The molecule has 0 fully saturated rings. The van der Waals surface area contributed by atoms with E-state index in [0.29, 0.717) is 18.0 Å². The normalized spacial score (nSPS) is 10.5. The molecule has 3 heteroatoms. The molecule has 0 amide bonds. The van der Waals surface area contributed by atoms with Crippen molar-refractivity contribution < 1.29 is 9.13 Å². The molecule has 0 aliphatic rings. The summed E-state index contributed by atoms with van der Waals surface area (Å²) in [5.41, 5.74) is 10.7. The van der Waals surface area contributed by atoms with Gasteiger partial charge in [0.05, 0.1) is 5.69 Å². The minimum absolute atomic E-state index is 0.248. The zero-order chi connectivity index (χ0) is 16.2. The first-order valence-electron chi connectivity index (χ1n) is 7.46. The van der Waals surface area contributed by atoms with Gasteiger partial charge in [-0.05, 0) is 53.4 Å². The minimum Gasteiger partial charge on any atom is -0.487 e. The van der Waals surface area contributed by atoms with Gasteiger partial charge in [0.15, 0.2) is 0 Å². The average Bonchev–Trinajstić information content (AvgIpc) is 2.56. The van der Waals surface area contributed by atoms with Crippen LogP contribution in [0.2, 0.25) is 0 Å². The van der Waals surface area contributed by atoms with E-state index in [4.69, 9.17) is 10.5 Å². The Balaban J connectivity index is 1.89. The topological polar surface area (TPSA) is 35.2 Å². The van der Waals surface area contributed by atoms with Crippen LogP contribution < -0.4 is 10.5 Å². The molecule has 3 aromatic carbocycles. The van der Waals surface area contributed by atoms with Crippen LogP contribution in [0.1, 0.15) is 11.1 Å². The van der Waals surface area contributed by atoms with Crippen molar-refractivity contribution in [3.05, 3.63) is 83.7 Å². The number of hydrogen-bond acceptors (Lipinski definition) is 2. The second-order valence-corrected chi connectivity index (χ2v) is 5.49. The van der Waals surface area contributed by atoms with Gasteiger partial charge in [0.1, 0.15) is 18.2 Å². The Labute approximate surface area is 135 Å². The van der Waals surface area contributed by atoms with Gasteiger partial charge < -0.3 is 10.5 Å². The molecule has 0 saturated heterocycles. The molecule has 0 saturated carbocycles. The van der Waals surface area contributed by atoms with E-state index in [1.807, 2.05) is 49.4 Å². The highest BCUT2D eigenvalue weighted by atomic mass is 19.1. The van der Waals surface area contributed by atoms with Crippen molar-refractivity contribution >= 4 is 5.69 Å². The molecule has 0 bridgehead atoms. The van der Waals surface area contributed by atoms with Crippen LogP contribution in [0.3, 0.4) is 0 Å². The van der Waals surface area contributed by atoms with Gasteiger partial charge in [-0.3, -0.25) is 0 Å². The molecule has 0 spiro atoms. The summed E-state index contributed by atoms with van der Waals surface area (Å²) in [6.07, 6.45) is 0. The van der Waals surface area contributed by atoms with E-state index in [1.54, 1.807) is 12.1 Å². The standard InChI is InChI=1S/C20H18FNO/c1-14-11-19(22)20(23-13-15-5-3-2-4-6-15)12-18(14)16-7-9-17(21)10-8-16/h2-12H,13,22H2,1H3. The molecule has 0 heterocycles. The molecule has 0 aliphatic heterocycles. The van der Waals surface area contributed by atoms with E-state index in [-0.39, 0.29) is 5.82 Å². The number of nitrogens with two attached hydrogens (primary N) is 1. The predicted molar refractivity (Wildman–Crippen MR) is 91.8 cm³/mol. The Bertz CT molecular complexity index is 798. The number of rotatable bonds is 4. The summed E-state index contributed by atoms with van der Waals surface area (Å²) in [5, 5.41) is 0. The number of aryl methyl sites for hydroxylation is 1. The van der Waals surface area contributed by atoms with Crippen LogP contribution in [-0.4, -0.2) is 0 Å². The fourth-order valence-corrected chi connectivity index (χ4v) is 2.51. The van der Waals surface area contributed by atoms with E-state index >= 15 is 0 Å². The Morgan fingerprint density at radius 3 is 2.35 bits per heavy atom. The highest BCUT2D eigenvalue weighted by molar-refractivity contribution is 5.73. The first-order chi connectivity index (χ1) is 11.1.